The van der Waals surface area contributed by atoms with Gasteiger partial charge in [0, 0.05) is 5.88 Å². The number of alkyl halides is 2. The average Bonchev–Trinajstić information content (AvgIpc) is 2.77. The van der Waals surface area contributed by atoms with Crippen molar-refractivity contribution < 1.29 is 0 Å². The van der Waals surface area contributed by atoms with Crippen molar-refractivity contribution in [1.82, 2.24) is 0 Å². The SMILES string of the molecule is CCc1ccc(CCC(CC(Cl)c2ccc(CCl)cc2)c2ccccc2)cc1. The van der Waals surface area contributed by atoms with Gasteiger partial charge in [-0.15, -0.1) is 23.2 Å². The Labute approximate surface area is 179 Å². The molecule has 3 aromatic carbocycles. The molecule has 0 aromatic heterocycles. The number of rotatable bonds is 9. The van der Waals surface area contributed by atoms with E-state index >= 15 is 0 Å². The second kappa shape index (κ2) is 10.7. The van der Waals surface area contributed by atoms with Crippen molar-refractivity contribution in [2.24, 2.45) is 0 Å². The molecule has 2 heteroatoms. The van der Waals surface area contributed by atoms with Crippen LogP contribution in [0.15, 0.2) is 78.9 Å². The molecule has 0 aliphatic heterocycles. The maximum Gasteiger partial charge on any atom is 0.0591 e. The first-order chi connectivity index (χ1) is 13.7. The normalized spacial score (nSPS) is 13.2. The van der Waals surface area contributed by atoms with Crippen molar-refractivity contribution in [3.8, 4) is 0 Å². The molecule has 0 radical (unpaired) electrons. The fourth-order valence-corrected chi connectivity index (χ4v) is 4.17. The van der Waals surface area contributed by atoms with Gasteiger partial charge in [0.1, 0.15) is 0 Å². The molecule has 0 aliphatic carbocycles. The van der Waals surface area contributed by atoms with Crippen LogP contribution in [0.1, 0.15) is 58.9 Å². The maximum absolute atomic E-state index is 6.83. The standard InChI is InChI=1S/C26H28Cl2/c1-2-20-8-10-21(11-9-20)12-17-25(23-6-4-3-5-7-23)18-26(28)24-15-13-22(19-27)14-16-24/h3-11,13-16,25-26H,2,12,17-19H2,1H3. The quantitative estimate of drug-likeness (QED) is 0.312. The highest BCUT2D eigenvalue weighted by atomic mass is 35.5. The van der Waals surface area contributed by atoms with Crippen LogP contribution in [0, 0.1) is 0 Å². The van der Waals surface area contributed by atoms with E-state index in [1.165, 1.54) is 22.3 Å². The summed E-state index contributed by atoms with van der Waals surface area (Å²) in [5, 5.41) is -0.00273. The van der Waals surface area contributed by atoms with Gasteiger partial charge in [-0.3, -0.25) is 0 Å². The summed E-state index contributed by atoms with van der Waals surface area (Å²) in [6.07, 6.45) is 4.18. The number of aryl methyl sites for hydroxylation is 2. The van der Waals surface area contributed by atoms with Crippen LogP contribution < -0.4 is 0 Å². The van der Waals surface area contributed by atoms with Crippen LogP contribution >= 0.6 is 23.2 Å². The van der Waals surface area contributed by atoms with Crippen molar-refractivity contribution in [2.75, 3.05) is 0 Å². The van der Waals surface area contributed by atoms with E-state index in [-0.39, 0.29) is 5.38 Å². The zero-order valence-corrected chi connectivity index (χ0v) is 18.0. The third-order valence-corrected chi connectivity index (χ3v) is 6.21. The summed E-state index contributed by atoms with van der Waals surface area (Å²) in [5.41, 5.74) is 6.46. The number of halogens is 2. The fourth-order valence-electron chi connectivity index (χ4n) is 3.63. The molecule has 0 amide bonds. The summed E-state index contributed by atoms with van der Waals surface area (Å²) in [4.78, 5) is 0. The van der Waals surface area contributed by atoms with Crippen molar-refractivity contribution in [2.45, 2.75) is 49.8 Å². The molecule has 0 heterocycles. The van der Waals surface area contributed by atoms with E-state index in [9.17, 15) is 0 Å². The Balaban J connectivity index is 1.71. The van der Waals surface area contributed by atoms with Crippen LogP contribution in [0.3, 0.4) is 0 Å². The lowest BCUT2D eigenvalue weighted by Gasteiger charge is -2.21. The number of hydrogen-bond acceptors (Lipinski definition) is 0. The summed E-state index contributed by atoms with van der Waals surface area (Å²) in [5.74, 6) is 0.971. The van der Waals surface area contributed by atoms with E-state index in [1.807, 2.05) is 0 Å². The van der Waals surface area contributed by atoms with Crippen molar-refractivity contribution in [3.05, 3.63) is 107 Å². The van der Waals surface area contributed by atoms with Gasteiger partial charge in [0.2, 0.25) is 0 Å². The first kappa shape index (κ1) is 21.0. The predicted molar refractivity (Wildman–Crippen MR) is 123 cm³/mol. The molecule has 0 saturated carbocycles. The Morgan fingerprint density at radius 3 is 1.93 bits per heavy atom. The molecule has 0 aliphatic rings. The molecule has 0 bridgehead atoms. The third kappa shape index (κ3) is 5.87. The zero-order valence-electron chi connectivity index (χ0n) is 16.5. The van der Waals surface area contributed by atoms with E-state index < -0.39 is 0 Å². The van der Waals surface area contributed by atoms with Gasteiger partial charge in [0.25, 0.3) is 0 Å². The maximum atomic E-state index is 6.83. The van der Waals surface area contributed by atoms with E-state index in [4.69, 9.17) is 23.2 Å². The Kier molecular flexibility index (Phi) is 8.01. The minimum Gasteiger partial charge on any atom is -0.122 e. The highest BCUT2D eigenvalue weighted by molar-refractivity contribution is 6.20. The molecule has 0 saturated heterocycles. The topological polar surface area (TPSA) is 0 Å². The van der Waals surface area contributed by atoms with Gasteiger partial charge in [-0.2, -0.15) is 0 Å². The monoisotopic (exact) mass is 410 g/mol. The smallest absolute Gasteiger partial charge is 0.0591 e. The fraction of sp³-hybridized carbons (Fsp3) is 0.308. The van der Waals surface area contributed by atoms with Gasteiger partial charge >= 0.3 is 0 Å². The molecule has 0 fully saturated rings. The molecule has 28 heavy (non-hydrogen) atoms. The Hall–Kier alpha value is -1.76. The summed E-state index contributed by atoms with van der Waals surface area (Å²) in [6, 6.07) is 28.2. The number of benzene rings is 3. The molecule has 0 N–H and O–H groups in total. The van der Waals surface area contributed by atoms with Gasteiger partial charge < -0.3 is 0 Å². The van der Waals surface area contributed by atoms with Crippen LogP contribution in [-0.2, 0) is 18.7 Å². The van der Waals surface area contributed by atoms with Crippen LogP contribution in [-0.4, -0.2) is 0 Å². The minimum absolute atomic E-state index is 0.00273. The molecule has 2 atom stereocenters. The van der Waals surface area contributed by atoms with Crippen LogP contribution in [0.5, 0.6) is 0 Å². The Morgan fingerprint density at radius 2 is 1.32 bits per heavy atom. The first-order valence-electron chi connectivity index (χ1n) is 10.1. The molecule has 2 unspecified atom stereocenters. The molecule has 3 aromatic rings. The van der Waals surface area contributed by atoms with E-state index in [0.717, 1.165) is 31.2 Å². The van der Waals surface area contributed by atoms with Gasteiger partial charge in [0.05, 0.1) is 5.38 Å². The van der Waals surface area contributed by atoms with Crippen LogP contribution in [0.25, 0.3) is 0 Å². The van der Waals surface area contributed by atoms with E-state index in [1.54, 1.807) is 0 Å². The Bertz CT molecular complexity index is 823. The molecule has 0 spiro atoms. The largest absolute Gasteiger partial charge is 0.122 e. The summed E-state index contributed by atoms with van der Waals surface area (Å²) >= 11 is 12.7. The minimum atomic E-state index is -0.00273. The van der Waals surface area contributed by atoms with Crippen molar-refractivity contribution in [1.29, 1.82) is 0 Å². The summed E-state index contributed by atoms with van der Waals surface area (Å²) in [7, 11) is 0. The molecular weight excluding hydrogens is 383 g/mol. The average molecular weight is 411 g/mol. The van der Waals surface area contributed by atoms with Crippen LogP contribution in [0.2, 0.25) is 0 Å². The summed E-state index contributed by atoms with van der Waals surface area (Å²) < 4.78 is 0. The second-order valence-electron chi connectivity index (χ2n) is 7.39. The summed E-state index contributed by atoms with van der Waals surface area (Å²) in [6.45, 7) is 2.20. The predicted octanol–water partition coefficient (Wildman–Crippen LogP) is 8.07. The van der Waals surface area contributed by atoms with Gasteiger partial charge in [-0.05, 0) is 59.4 Å². The lowest BCUT2D eigenvalue weighted by Crippen LogP contribution is -2.05. The molecule has 0 nitrogen and oxygen atoms in total. The number of hydrogen-bond donors (Lipinski definition) is 0. The molecule has 3 rings (SSSR count). The van der Waals surface area contributed by atoms with E-state index in [0.29, 0.717) is 11.8 Å². The molecular formula is C26H28Cl2. The lowest BCUT2D eigenvalue weighted by atomic mass is 9.87. The van der Waals surface area contributed by atoms with Gasteiger partial charge in [0.15, 0.2) is 0 Å². The van der Waals surface area contributed by atoms with Gasteiger partial charge in [-0.1, -0.05) is 85.8 Å². The van der Waals surface area contributed by atoms with Gasteiger partial charge in [-0.25, -0.2) is 0 Å². The molecule has 146 valence electrons. The first-order valence-corrected chi connectivity index (χ1v) is 11.1. The van der Waals surface area contributed by atoms with Crippen molar-refractivity contribution in [3.63, 3.8) is 0 Å². The third-order valence-electron chi connectivity index (χ3n) is 5.47. The van der Waals surface area contributed by atoms with E-state index in [2.05, 4.69) is 85.8 Å². The van der Waals surface area contributed by atoms with Crippen LogP contribution in [0.4, 0.5) is 0 Å². The Morgan fingerprint density at radius 1 is 0.714 bits per heavy atom. The highest BCUT2D eigenvalue weighted by Gasteiger charge is 2.18. The van der Waals surface area contributed by atoms with Crippen molar-refractivity contribution >= 4 is 23.2 Å². The zero-order chi connectivity index (χ0) is 19.8. The second-order valence-corrected chi connectivity index (χ2v) is 8.19. The lowest BCUT2D eigenvalue weighted by molar-refractivity contribution is 0.567. The highest BCUT2D eigenvalue weighted by Crippen LogP contribution is 2.35.